The molecule has 0 saturated heterocycles. The van der Waals surface area contributed by atoms with E-state index >= 15 is 0 Å². The van der Waals surface area contributed by atoms with Crippen molar-refractivity contribution >= 4 is 17.4 Å². The monoisotopic (exact) mass is 388 g/mol. The lowest BCUT2D eigenvalue weighted by Crippen LogP contribution is -2.31. The number of amides is 1. The van der Waals surface area contributed by atoms with Gasteiger partial charge in [-0.15, -0.1) is 0 Å². The zero-order valence-corrected chi connectivity index (χ0v) is 16.6. The Labute approximate surface area is 170 Å². The first kappa shape index (κ1) is 18.9. The lowest BCUT2D eigenvalue weighted by atomic mass is 10.00. The van der Waals surface area contributed by atoms with Crippen molar-refractivity contribution in [3.63, 3.8) is 0 Å². The minimum absolute atomic E-state index is 0.0145. The van der Waals surface area contributed by atoms with Gasteiger partial charge in [-0.2, -0.15) is 0 Å². The molecule has 148 valence electrons. The fourth-order valence-electron chi connectivity index (χ4n) is 3.45. The minimum Gasteiger partial charge on any atom is -0.489 e. The van der Waals surface area contributed by atoms with E-state index in [1.807, 2.05) is 38.1 Å². The van der Waals surface area contributed by atoms with Crippen LogP contribution in [0.15, 0.2) is 60.9 Å². The maximum absolute atomic E-state index is 12.8. The summed E-state index contributed by atoms with van der Waals surface area (Å²) in [5.74, 6) is 1.11. The number of rotatable bonds is 5. The van der Waals surface area contributed by atoms with E-state index in [9.17, 15) is 4.79 Å². The van der Waals surface area contributed by atoms with Gasteiger partial charge in [0.25, 0.3) is 5.91 Å². The second-order valence-corrected chi connectivity index (χ2v) is 7.32. The number of ether oxygens (including phenoxy) is 1. The smallest absolute Gasteiger partial charge is 0.274 e. The number of anilines is 2. The lowest BCUT2D eigenvalue weighted by molar-refractivity contribution is 0.102. The molecule has 0 unspecified atom stereocenters. The van der Waals surface area contributed by atoms with E-state index in [2.05, 4.69) is 44.5 Å². The van der Waals surface area contributed by atoms with Crippen molar-refractivity contribution in [1.82, 2.24) is 9.97 Å². The molecule has 1 N–H and O–H groups in total. The van der Waals surface area contributed by atoms with Crippen LogP contribution in [0.5, 0.6) is 5.75 Å². The molecule has 0 bridgehead atoms. The van der Waals surface area contributed by atoms with Gasteiger partial charge in [-0.3, -0.25) is 4.79 Å². The van der Waals surface area contributed by atoms with Crippen LogP contribution in [0.2, 0.25) is 0 Å². The standard InChI is InChI=1S/C23H24N4O2/c1-16(2)29-21-10-6-5-9-19(21)26-23(28)20-13-22(25-15-24-20)27-12-11-17-7-3-4-8-18(17)14-27/h3-10,13,15-16H,11-12,14H2,1-2H3,(H,26,28). The third kappa shape index (κ3) is 4.37. The average Bonchev–Trinajstić information content (AvgIpc) is 2.74. The molecule has 1 aromatic heterocycles. The van der Waals surface area contributed by atoms with Gasteiger partial charge in [-0.05, 0) is 43.5 Å². The number of carbonyl (C=O) groups is 1. The maximum atomic E-state index is 12.8. The fourth-order valence-corrected chi connectivity index (χ4v) is 3.45. The molecule has 1 amide bonds. The van der Waals surface area contributed by atoms with Crippen LogP contribution in [-0.4, -0.2) is 28.5 Å². The molecule has 2 heterocycles. The van der Waals surface area contributed by atoms with E-state index in [1.165, 1.54) is 17.5 Å². The molecule has 6 nitrogen and oxygen atoms in total. The third-order valence-electron chi connectivity index (χ3n) is 4.84. The average molecular weight is 388 g/mol. The van der Waals surface area contributed by atoms with E-state index in [0.717, 1.165) is 25.3 Å². The Hall–Kier alpha value is -3.41. The Morgan fingerprint density at radius 1 is 1.07 bits per heavy atom. The van der Waals surface area contributed by atoms with E-state index in [1.54, 1.807) is 6.07 Å². The SMILES string of the molecule is CC(C)Oc1ccccc1NC(=O)c1cc(N2CCc3ccccc3C2)ncn1. The van der Waals surface area contributed by atoms with E-state index in [0.29, 0.717) is 17.1 Å². The number of benzene rings is 2. The number of fused-ring (bicyclic) bond motifs is 1. The van der Waals surface area contributed by atoms with Crippen molar-refractivity contribution in [3.05, 3.63) is 77.7 Å². The molecule has 6 heteroatoms. The minimum atomic E-state index is -0.286. The second-order valence-electron chi connectivity index (χ2n) is 7.32. The lowest BCUT2D eigenvalue weighted by Gasteiger charge is -2.29. The van der Waals surface area contributed by atoms with E-state index in [4.69, 9.17) is 4.74 Å². The summed E-state index contributed by atoms with van der Waals surface area (Å²) in [5.41, 5.74) is 3.62. The number of hydrogen-bond donors (Lipinski definition) is 1. The topological polar surface area (TPSA) is 67.3 Å². The van der Waals surface area contributed by atoms with Crippen LogP contribution < -0.4 is 15.0 Å². The van der Waals surface area contributed by atoms with E-state index < -0.39 is 0 Å². The number of hydrogen-bond acceptors (Lipinski definition) is 5. The summed E-state index contributed by atoms with van der Waals surface area (Å²) in [4.78, 5) is 23.6. The van der Waals surface area contributed by atoms with Gasteiger partial charge >= 0.3 is 0 Å². The number of para-hydroxylation sites is 2. The van der Waals surface area contributed by atoms with Gasteiger partial charge in [0.2, 0.25) is 0 Å². The normalized spacial score (nSPS) is 13.1. The highest BCUT2D eigenvalue weighted by molar-refractivity contribution is 6.04. The Bertz CT molecular complexity index is 1020. The Kier molecular flexibility index (Phi) is 5.42. The van der Waals surface area contributed by atoms with E-state index in [-0.39, 0.29) is 12.0 Å². The third-order valence-corrected chi connectivity index (χ3v) is 4.84. The van der Waals surface area contributed by atoms with Crippen LogP contribution in [0.4, 0.5) is 11.5 Å². The number of carbonyl (C=O) groups excluding carboxylic acids is 1. The molecule has 0 atom stereocenters. The molecule has 4 rings (SSSR count). The van der Waals surface area contributed by atoms with Crippen molar-refractivity contribution in [3.8, 4) is 5.75 Å². The first-order valence-electron chi connectivity index (χ1n) is 9.81. The number of nitrogens with zero attached hydrogens (tertiary/aromatic N) is 3. The molecule has 0 spiro atoms. The Balaban J connectivity index is 1.52. The molecule has 0 saturated carbocycles. The van der Waals surface area contributed by atoms with Crippen LogP contribution in [0, 0.1) is 0 Å². The molecule has 29 heavy (non-hydrogen) atoms. The fraction of sp³-hybridized carbons (Fsp3) is 0.261. The van der Waals surface area contributed by atoms with Crippen molar-refractivity contribution < 1.29 is 9.53 Å². The predicted molar refractivity (Wildman–Crippen MR) is 113 cm³/mol. The highest BCUT2D eigenvalue weighted by Crippen LogP contribution is 2.26. The summed E-state index contributed by atoms with van der Waals surface area (Å²) in [6.07, 6.45) is 2.42. The number of nitrogens with one attached hydrogen (secondary N) is 1. The zero-order valence-electron chi connectivity index (χ0n) is 16.6. The van der Waals surface area contributed by atoms with Gasteiger partial charge in [-0.1, -0.05) is 36.4 Å². The highest BCUT2D eigenvalue weighted by atomic mass is 16.5. The summed E-state index contributed by atoms with van der Waals surface area (Å²) in [6, 6.07) is 17.6. The molecule has 1 aliphatic rings. The molecular weight excluding hydrogens is 364 g/mol. The van der Waals surface area contributed by atoms with Crippen LogP contribution >= 0.6 is 0 Å². The highest BCUT2D eigenvalue weighted by Gasteiger charge is 2.19. The maximum Gasteiger partial charge on any atom is 0.274 e. The molecule has 2 aromatic carbocycles. The van der Waals surface area contributed by atoms with Crippen molar-refractivity contribution in [2.24, 2.45) is 0 Å². The van der Waals surface area contributed by atoms with Crippen molar-refractivity contribution in [1.29, 1.82) is 0 Å². The summed E-state index contributed by atoms with van der Waals surface area (Å²) in [7, 11) is 0. The molecule has 3 aromatic rings. The second kappa shape index (κ2) is 8.31. The van der Waals surface area contributed by atoms with Crippen LogP contribution in [0.1, 0.15) is 35.5 Å². The molecule has 1 aliphatic heterocycles. The molecule has 0 aliphatic carbocycles. The van der Waals surface area contributed by atoms with Crippen molar-refractivity contribution in [2.45, 2.75) is 32.9 Å². The summed E-state index contributed by atoms with van der Waals surface area (Å²) in [5, 5.41) is 2.91. The van der Waals surface area contributed by atoms with Crippen LogP contribution in [0.25, 0.3) is 0 Å². The van der Waals surface area contributed by atoms with Gasteiger partial charge in [0, 0.05) is 19.2 Å². The molecular formula is C23H24N4O2. The Morgan fingerprint density at radius 3 is 2.66 bits per heavy atom. The van der Waals surface area contributed by atoms with Gasteiger partial charge in [-0.25, -0.2) is 9.97 Å². The Morgan fingerprint density at radius 2 is 1.83 bits per heavy atom. The van der Waals surface area contributed by atoms with Crippen molar-refractivity contribution in [2.75, 3.05) is 16.8 Å². The molecule has 0 radical (unpaired) electrons. The number of aromatic nitrogens is 2. The summed E-state index contributed by atoms with van der Waals surface area (Å²) in [6.45, 7) is 5.54. The molecule has 0 fully saturated rings. The largest absolute Gasteiger partial charge is 0.489 e. The first-order valence-corrected chi connectivity index (χ1v) is 9.81. The van der Waals surface area contributed by atoms with Gasteiger partial charge in [0.15, 0.2) is 0 Å². The van der Waals surface area contributed by atoms with Crippen LogP contribution in [0.3, 0.4) is 0 Å². The summed E-state index contributed by atoms with van der Waals surface area (Å²) < 4.78 is 5.78. The first-order chi connectivity index (χ1) is 14.1. The quantitative estimate of drug-likeness (QED) is 0.713. The van der Waals surface area contributed by atoms with Crippen LogP contribution in [-0.2, 0) is 13.0 Å². The zero-order chi connectivity index (χ0) is 20.2. The van der Waals surface area contributed by atoms with Gasteiger partial charge in [0.05, 0.1) is 11.8 Å². The predicted octanol–water partition coefficient (Wildman–Crippen LogP) is 4.08. The van der Waals surface area contributed by atoms with Gasteiger partial charge in [0.1, 0.15) is 23.6 Å². The van der Waals surface area contributed by atoms with Gasteiger partial charge < -0.3 is 15.0 Å². The summed E-state index contributed by atoms with van der Waals surface area (Å²) >= 11 is 0.